The van der Waals surface area contributed by atoms with Crippen molar-refractivity contribution >= 4 is 5.82 Å². The van der Waals surface area contributed by atoms with E-state index in [1.54, 1.807) is 0 Å². The molecule has 1 aromatic heterocycles. The molecule has 4 heteroatoms. The molecule has 3 rings (SSSR count). The number of nitrogens with one attached hydrogen (secondary N) is 1. The Labute approximate surface area is 113 Å². The van der Waals surface area contributed by atoms with Crippen molar-refractivity contribution in [2.45, 2.75) is 44.6 Å². The van der Waals surface area contributed by atoms with Crippen molar-refractivity contribution in [3.05, 3.63) is 22.9 Å². The molecule has 2 aliphatic carbocycles. The van der Waals surface area contributed by atoms with E-state index in [9.17, 15) is 10.4 Å². The second-order valence-corrected chi connectivity index (χ2v) is 5.59. The molecule has 100 valence electrons. The summed E-state index contributed by atoms with van der Waals surface area (Å²) in [6.07, 6.45) is 6.04. The number of aliphatic hydroxyl groups is 1. The van der Waals surface area contributed by atoms with Crippen LogP contribution >= 0.6 is 0 Å². The Bertz CT molecular complexity index is 521. The maximum atomic E-state index is 9.82. The summed E-state index contributed by atoms with van der Waals surface area (Å²) < 4.78 is 0. The number of aryl methyl sites for hydroxylation is 2. The third kappa shape index (κ3) is 2.43. The van der Waals surface area contributed by atoms with Crippen LogP contribution in [-0.2, 0) is 12.8 Å². The van der Waals surface area contributed by atoms with E-state index in [0.717, 1.165) is 44.2 Å². The van der Waals surface area contributed by atoms with Gasteiger partial charge in [-0.05, 0) is 43.7 Å². The maximum Gasteiger partial charge on any atom is 0.144 e. The number of aliphatic hydroxyl groups excluding tert-OH is 1. The lowest BCUT2D eigenvalue weighted by atomic mass is 10.1. The smallest absolute Gasteiger partial charge is 0.144 e. The number of rotatable bonds is 3. The summed E-state index contributed by atoms with van der Waals surface area (Å²) >= 11 is 0. The summed E-state index contributed by atoms with van der Waals surface area (Å²) in [6, 6.07) is 4.20. The minimum Gasteiger partial charge on any atom is -0.393 e. The van der Waals surface area contributed by atoms with Crippen LogP contribution in [0.25, 0.3) is 0 Å². The van der Waals surface area contributed by atoms with Crippen molar-refractivity contribution in [1.29, 1.82) is 5.26 Å². The normalized spacial score (nSPS) is 25.1. The van der Waals surface area contributed by atoms with E-state index in [-0.39, 0.29) is 6.10 Å². The Balaban J connectivity index is 1.75. The summed E-state index contributed by atoms with van der Waals surface area (Å²) in [5, 5.41) is 22.3. The van der Waals surface area contributed by atoms with Gasteiger partial charge in [-0.3, -0.25) is 0 Å². The molecule has 2 unspecified atom stereocenters. The number of hydrogen-bond donors (Lipinski definition) is 2. The first-order valence-electron chi connectivity index (χ1n) is 7.13. The van der Waals surface area contributed by atoms with Crippen LogP contribution in [0.5, 0.6) is 0 Å². The number of pyridine rings is 1. The van der Waals surface area contributed by atoms with Gasteiger partial charge in [0.25, 0.3) is 0 Å². The molecule has 2 aliphatic rings. The van der Waals surface area contributed by atoms with Crippen molar-refractivity contribution < 1.29 is 5.11 Å². The van der Waals surface area contributed by atoms with Gasteiger partial charge in [0.1, 0.15) is 11.9 Å². The molecule has 0 spiro atoms. The Morgan fingerprint density at radius 2 is 2.26 bits per heavy atom. The highest BCUT2D eigenvalue weighted by Gasteiger charge is 2.25. The molecule has 1 heterocycles. The molecule has 0 saturated heterocycles. The fourth-order valence-electron chi connectivity index (χ4n) is 3.18. The van der Waals surface area contributed by atoms with Gasteiger partial charge in [0.15, 0.2) is 0 Å². The molecule has 19 heavy (non-hydrogen) atoms. The first kappa shape index (κ1) is 12.4. The standard InChI is InChI=1S/C15H19N3O/c16-8-12-7-10-3-1-5-13(10)18-15(12)17-9-11-4-2-6-14(11)19/h7,11,14,19H,1-6,9H2,(H,17,18). The van der Waals surface area contributed by atoms with Gasteiger partial charge in [0, 0.05) is 18.2 Å². The number of aromatic nitrogens is 1. The highest BCUT2D eigenvalue weighted by atomic mass is 16.3. The molecule has 1 fully saturated rings. The minimum absolute atomic E-state index is 0.201. The van der Waals surface area contributed by atoms with Gasteiger partial charge in [-0.2, -0.15) is 5.26 Å². The first-order chi connectivity index (χ1) is 9.28. The molecule has 1 aromatic rings. The predicted molar refractivity (Wildman–Crippen MR) is 72.8 cm³/mol. The molecule has 0 radical (unpaired) electrons. The lowest BCUT2D eigenvalue weighted by Gasteiger charge is -2.16. The van der Waals surface area contributed by atoms with Crippen LogP contribution in [0, 0.1) is 17.2 Å². The average Bonchev–Trinajstić information content (AvgIpc) is 3.03. The van der Waals surface area contributed by atoms with Gasteiger partial charge < -0.3 is 10.4 Å². The highest BCUT2D eigenvalue weighted by molar-refractivity contribution is 5.55. The summed E-state index contributed by atoms with van der Waals surface area (Å²) in [6.45, 7) is 0.710. The van der Waals surface area contributed by atoms with Crippen molar-refractivity contribution in [3.63, 3.8) is 0 Å². The van der Waals surface area contributed by atoms with Crippen LogP contribution in [0.1, 0.15) is 42.5 Å². The van der Waals surface area contributed by atoms with Crippen LogP contribution in [-0.4, -0.2) is 22.7 Å². The average molecular weight is 257 g/mol. The molecule has 2 N–H and O–H groups in total. The fourth-order valence-corrected chi connectivity index (χ4v) is 3.18. The molecule has 4 nitrogen and oxygen atoms in total. The van der Waals surface area contributed by atoms with Crippen LogP contribution in [0.3, 0.4) is 0 Å². The monoisotopic (exact) mass is 257 g/mol. The van der Waals surface area contributed by atoms with Gasteiger partial charge in [0.05, 0.1) is 11.7 Å². The summed E-state index contributed by atoms with van der Waals surface area (Å²) in [5.74, 6) is 0.990. The Morgan fingerprint density at radius 1 is 1.37 bits per heavy atom. The van der Waals surface area contributed by atoms with E-state index in [4.69, 9.17) is 0 Å². The molecule has 1 saturated carbocycles. The third-order valence-corrected chi connectivity index (χ3v) is 4.32. The van der Waals surface area contributed by atoms with E-state index in [2.05, 4.69) is 16.4 Å². The van der Waals surface area contributed by atoms with Gasteiger partial charge in [-0.1, -0.05) is 6.42 Å². The van der Waals surface area contributed by atoms with Crippen molar-refractivity contribution in [3.8, 4) is 6.07 Å². The number of fused-ring (bicyclic) bond motifs is 1. The quantitative estimate of drug-likeness (QED) is 0.869. The Kier molecular flexibility index (Phi) is 3.39. The number of hydrogen-bond acceptors (Lipinski definition) is 4. The number of anilines is 1. The van der Waals surface area contributed by atoms with Crippen LogP contribution in [0.15, 0.2) is 6.07 Å². The number of nitriles is 1. The summed E-state index contributed by atoms with van der Waals surface area (Å²) in [4.78, 5) is 4.59. The van der Waals surface area contributed by atoms with E-state index >= 15 is 0 Å². The lowest BCUT2D eigenvalue weighted by Crippen LogP contribution is -2.22. The molecule has 0 amide bonds. The van der Waals surface area contributed by atoms with E-state index in [1.165, 1.54) is 5.56 Å². The Hall–Kier alpha value is -1.60. The number of nitrogens with zero attached hydrogens (tertiary/aromatic N) is 2. The molecular formula is C15H19N3O. The second-order valence-electron chi connectivity index (χ2n) is 5.59. The predicted octanol–water partition coefficient (Wildman–Crippen LogP) is 2.01. The molecule has 0 aromatic carbocycles. The second kappa shape index (κ2) is 5.18. The zero-order chi connectivity index (χ0) is 13.2. The highest BCUT2D eigenvalue weighted by Crippen LogP contribution is 2.28. The van der Waals surface area contributed by atoms with Gasteiger partial charge >= 0.3 is 0 Å². The Morgan fingerprint density at radius 3 is 3.00 bits per heavy atom. The van der Waals surface area contributed by atoms with Crippen molar-refractivity contribution in [2.75, 3.05) is 11.9 Å². The molecule has 2 atom stereocenters. The summed E-state index contributed by atoms with van der Waals surface area (Å²) in [7, 11) is 0. The van der Waals surface area contributed by atoms with Crippen LogP contribution < -0.4 is 5.32 Å². The molecule has 0 aliphatic heterocycles. The van der Waals surface area contributed by atoms with E-state index in [0.29, 0.717) is 23.8 Å². The van der Waals surface area contributed by atoms with E-state index < -0.39 is 0 Å². The van der Waals surface area contributed by atoms with Crippen LogP contribution in [0.2, 0.25) is 0 Å². The fraction of sp³-hybridized carbons (Fsp3) is 0.600. The topological polar surface area (TPSA) is 68.9 Å². The lowest BCUT2D eigenvalue weighted by molar-refractivity contribution is 0.138. The molecule has 0 bridgehead atoms. The minimum atomic E-state index is -0.201. The van der Waals surface area contributed by atoms with Crippen molar-refractivity contribution in [1.82, 2.24) is 4.98 Å². The van der Waals surface area contributed by atoms with Gasteiger partial charge in [0.2, 0.25) is 0 Å². The largest absolute Gasteiger partial charge is 0.393 e. The van der Waals surface area contributed by atoms with E-state index in [1.807, 2.05) is 6.07 Å². The van der Waals surface area contributed by atoms with Gasteiger partial charge in [-0.25, -0.2) is 4.98 Å². The SMILES string of the molecule is N#Cc1cc2c(nc1NCC1CCCC1O)CCC2. The van der Waals surface area contributed by atoms with Gasteiger partial charge in [-0.15, -0.1) is 0 Å². The zero-order valence-electron chi connectivity index (χ0n) is 11.0. The molecular weight excluding hydrogens is 238 g/mol. The zero-order valence-corrected chi connectivity index (χ0v) is 11.0. The van der Waals surface area contributed by atoms with Crippen molar-refractivity contribution in [2.24, 2.45) is 5.92 Å². The third-order valence-electron chi connectivity index (χ3n) is 4.32. The summed E-state index contributed by atoms with van der Waals surface area (Å²) in [5.41, 5.74) is 2.99. The maximum absolute atomic E-state index is 9.82. The van der Waals surface area contributed by atoms with Crippen LogP contribution in [0.4, 0.5) is 5.82 Å². The first-order valence-corrected chi connectivity index (χ1v) is 7.13.